The fourth-order valence-corrected chi connectivity index (χ4v) is 5.63. The highest BCUT2D eigenvalue weighted by molar-refractivity contribution is 7.44. The number of halogens is 1. The van der Waals surface area contributed by atoms with Crippen molar-refractivity contribution in [3.8, 4) is 0 Å². The Morgan fingerprint density at radius 1 is 1.34 bits per heavy atom. The molecule has 0 spiro atoms. The summed E-state index contributed by atoms with van der Waals surface area (Å²) < 4.78 is 16.9. The number of rotatable bonds is 7. The first-order valence-electron chi connectivity index (χ1n) is 13.0. The van der Waals surface area contributed by atoms with E-state index < -0.39 is 0 Å². The zero-order valence-corrected chi connectivity index (χ0v) is 22.6. The number of hydrogen-bond donors (Lipinski definition) is 2. The molecule has 4 rings (SSSR count). The van der Waals surface area contributed by atoms with Gasteiger partial charge in [-0.2, -0.15) is 9.04 Å². The molecule has 0 radical (unpaired) electrons. The molecule has 0 saturated heterocycles. The number of anilines is 2. The molecule has 1 saturated carbocycles. The summed E-state index contributed by atoms with van der Waals surface area (Å²) >= 11 is 5.27. The largest absolute Gasteiger partial charge is 0.336 e. The zero-order chi connectivity index (χ0) is 25.2. The van der Waals surface area contributed by atoms with Gasteiger partial charge in [-0.05, 0) is 50.2 Å². The van der Waals surface area contributed by atoms with Crippen molar-refractivity contribution in [3.63, 3.8) is 0 Å². The van der Waals surface area contributed by atoms with Gasteiger partial charge in [0.2, 0.25) is 0 Å². The summed E-state index contributed by atoms with van der Waals surface area (Å²) in [5, 5.41) is 10.8. The Bertz CT molecular complexity index is 1140. The Morgan fingerprint density at radius 2 is 2.14 bits per heavy atom. The number of aliphatic imine (C=N–C) groups is 1. The second-order valence-electron chi connectivity index (χ2n) is 11.0. The maximum Gasteiger partial charge on any atom is 0.263 e. The number of aromatic nitrogens is 2. The number of benzene rings is 1. The average molecular weight is 497 g/mol. The second-order valence-corrected chi connectivity index (χ2v) is 11.5. The van der Waals surface area contributed by atoms with E-state index in [1.165, 1.54) is 11.4 Å². The van der Waals surface area contributed by atoms with Crippen LogP contribution in [0.1, 0.15) is 89.5 Å². The summed E-state index contributed by atoms with van der Waals surface area (Å²) in [6.45, 7) is 12.2. The Hall–Kier alpha value is -2.41. The highest BCUT2D eigenvalue weighted by Crippen LogP contribution is 2.40. The Kier molecular flexibility index (Phi) is 7.84. The first kappa shape index (κ1) is 25.7. The molecule has 1 aliphatic carbocycles. The van der Waals surface area contributed by atoms with E-state index in [2.05, 4.69) is 56.2 Å². The third-order valence-corrected chi connectivity index (χ3v) is 7.63. The Labute approximate surface area is 214 Å². The molecule has 35 heavy (non-hydrogen) atoms. The van der Waals surface area contributed by atoms with Gasteiger partial charge in [0.1, 0.15) is 0 Å². The van der Waals surface area contributed by atoms with Crippen LogP contribution in [0.15, 0.2) is 35.0 Å². The molecule has 2 heterocycles. The van der Waals surface area contributed by atoms with Crippen molar-refractivity contribution < 1.29 is 8.34 Å². The number of aromatic amines is 1. The highest BCUT2D eigenvalue weighted by atomic mass is 32.1. The molecule has 2 aliphatic rings. The minimum Gasteiger partial charge on any atom is -0.336 e. The van der Waals surface area contributed by atoms with Gasteiger partial charge in [-0.3, -0.25) is 10.1 Å². The number of hydrogen-bond acceptors (Lipinski definition) is 4. The summed E-state index contributed by atoms with van der Waals surface area (Å²) in [5.41, 5.74) is 5.87. The molecule has 188 valence electrons. The van der Waals surface area contributed by atoms with E-state index in [4.69, 9.17) is 17.4 Å². The number of nitrogens with one attached hydrogen (secondary N) is 2. The normalized spacial score (nSPS) is 21.4. The molecule has 1 aromatic heterocycles. The van der Waals surface area contributed by atoms with E-state index >= 15 is 4.39 Å². The lowest BCUT2D eigenvalue weighted by molar-refractivity contribution is -0.518. The van der Waals surface area contributed by atoms with E-state index in [9.17, 15) is 0 Å². The second kappa shape index (κ2) is 10.7. The van der Waals surface area contributed by atoms with Crippen molar-refractivity contribution in [2.75, 3.05) is 11.9 Å². The predicted molar refractivity (Wildman–Crippen MR) is 144 cm³/mol. The smallest absolute Gasteiger partial charge is 0.263 e. The van der Waals surface area contributed by atoms with Crippen molar-refractivity contribution in [3.05, 3.63) is 52.6 Å². The van der Waals surface area contributed by atoms with E-state index in [1.807, 2.05) is 18.2 Å². The minimum atomic E-state index is -0.221. The van der Waals surface area contributed by atoms with Crippen LogP contribution in [0.5, 0.6) is 0 Å². The van der Waals surface area contributed by atoms with Crippen molar-refractivity contribution in [1.29, 1.82) is 0 Å². The summed E-state index contributed by atoms with van der Waals surface area (Å²) in [4.78, 5) is 5.16. The fraction of sp³-hybridized carbons (Fsp3) is 0.571. The van der Waals surface area contributed by atoms with Gasteiger partial charge in [0.25, 0.3) is 12.4 Å². The molecule has 2 aromatic rings. The highest BCUT2D eigenvalue weighted by Gasteiger charge is 2.31. The molecule has 1 aliphatic heterocycles. The van der Waals surface area contributed by atoms with E-state index in [0.29, 0.717) is 35.4 Å². The lowest BCUT2D eigenvalue weighted by Crippen LogP contribution is -2.21. The van der Waals surface area contributed by atoms with Crippen LogP contribution in [0.25, 0.3) is 0 Å². The maximum atomic E-state index is 15.2. The zero-order valence-electron chi connectivity index (χ0n) is 21.7. The first-order chi connectivity index (χ1) is 16.7. The molecular formula is C28H39FN5S+. The Morgan fingerprint density at radius 3 is 2.86 bits per heavy atom. The first-order valence-corrected chi connectivity index (χ1v) is 13.3. The number of fused-ring (bicyclic) bond motifs is 1. The number of H-pyrrole nitrogens is 1. The van der Waals surface area contributed by atoms with E-state index in [-0.39, 0.29) is 11.2 Å². The molecule has 1 fully saturated rings. The van der Waals surface area contributed by atoms with Crippen LogP contribution in [0.3, 0.4) is 0 Å². The maximum absolute atomic E-state index is 15.2. The van der Waals surface area contributed by atoms with Gasteiger partial charge in [-0.25, -0.2) is 4.39 Å². The molecule has 0 bridgehead atoms. The molecule has 2 unspecified atom stereocenters. The van der Waals surface area contributed by atoms with E-state index in [1.54, 1.807) is 3.95 Å². The van der Waals surface area contributed by atoms with Gasteiger partial charge < -0.3 is 5.32 Å². The van der Waals surface area contributed by atoms with Crippen LogP contribution >= 0.6 is 0 Å². The van der Waals surface area contributed by atoms with Crippen LogP contribution in [-0.4, -0.2) is 26.4 Å². The van der Waals surface area contributed by atoms with Gasteiger partial charge in [0, 0.05) is 40.9 Å². The summed E-state index contributed by atoms with van der Waals surface area (Å²) in [7, 11) is 0. The van der Waals surface area contributed by atoms with Gasteiger partial charge in [-0.1, -0.05) is 46.3 Å². The standard InChI is InChI=1S/C28H39FN5S/c1-6-8-22(30-25(7-2)28(3,4)5)19-9-10-20(15-19)24-16-26(33-32-24)31-23-12-11-18-13-14-34(35)17-21(18)27(23)29/h7,11-12,16,19-20H,6,8-10,13-15,17H2,1-5H3,(H2,31,32,33)/q+1/b25-7-,30-22?. The van der Waals surface area contributed by atoms with E-state index in [0.717, 1.165) is 56.3 Å². The van der Waals surface area contributed by atoms with Crippen LogP contribution in [0.2, 0.25) is 0 Å². The summed E-state index contributed by atoms with van der Waals surface area (Å²) in [6.07, 6.45) is 8.42. The molecular weight excluding hydrogens is 457 g/mol. The Balaban J connectivity index is 1.46. The number of nitrogens with zero attached hydrogens (tertiary/aromatic N) is 3. The summed E-state index contributed by atoms with van der Waals surface area (Å²) in [5.74, 6) is 1.34. The molecule has 2 N–H and O–H groups in total. The van der Waals surface area contributed by atoms with Crippen LogP contribution < -0.4 is 5.32 Å². The van der Waals surface area contributed by atoms with Gasteiger partial charge in [-0.15, -0.1) is 0 Å². The van der Waals surface area contributed by atoms with Gasteiger partial charge in [0.05, 0.1) is 11.3 Å². The minimum absolute atomic E-state index is 0.0469. The van der Waals surface area contributed by atoms with Crippen LogP contribution in [0.4, 0.5) is 15.9 Å². The fourth-order valence-electron chi connectivity index (χ4n) is 5.41. The average Bonchev–Trinajstić information content (AvgIpc) is 3.48. The third kappa shape index (κ3) is 5.88. The van der Waals surface area contributed by atoms with Crippen LogP contribution in [-0.2, 0) is 25.4 Å². The number of allylic oxidation sites excluding steroid dienone is 2. The van der Waals surface area contributed by atoms with Crippen molar-refractivity contribution >= 4 is 29.6 Å². The molecule has 5 nitrogen and oxygen atoms in total. The van der Waals surface area contributed by atoms with Crippen molar-refractivity contribution in [2.45, 2.75) is 85.6 Å². The monoisotopic (exact) mass is 496 g/mol. The quantitative estimate of drug-likeness (QED) is 0.316. The molecule has 2 atom stereocenters. The SMILES string of the molecule is C/C=C(\N=C(CCC)C1CCC(c2cc(Nc3ccc4c(c3F)C[N+](=S)CC4)n[nH]2)C1)C(C)(C)C. The van der Waals surface area contributed by atoms with Gasteiger partial charge >= 0.3 is 0 Å². The third-order valence-electron chi connectivity index (χ3n) is 7.32. The lowest BCUT2D eigenvalue weighted by atomic mass is 9.90. The predicted octanol–water partition coefficient (Wildman–Crippen LogP) is 7.17. The lowest BCUT2D eigenvalue weighted by Gasteiger charge is -2.22. The van der Waals surface area contributed by atoms with Gasteiger partial charge in [0.15, 0.2) is 24.7 Å². The molecule has 7 heteroatoms. The molecule has 0 amide bonds. The van der Waals surface area contributed by atoms with Crippen molar-refractivity contribution in [1.82, 2.24) is 10.2 Å². The molecule has 1 aromatic carbocycles. The summed E-state index contributed by atoms with van der Waals surface area (Å²) in [6, 6.07) is 5.85. The topological polar surface area (TPSA) is 56.1 Å². The van der Waals surface area contributed by atoms with Crippen molar-refractivity contribution in [2.24, 2.45) is 16.3 Å². The van der Waals surface area contributed by atoms with Crippen LogP contribution in [0, 0.1) is 17.2 Å².